The third kappa shape index (κ3) is 2.13. The van der Waals surface area contributed by atoms with Gasteiger partial charge in [-0.3, -0.25) is 9.89 Å². The molecule has 0 radical (unpaired) electrons. The van der Waals surface area contributed by atoms with Gasteiger partial charge >= 0.3 is 0 Å². The van der Waals surface area contributed by atoms with Crippen molar-refractivity contribution in [2.24, 2.45) is 4.99 Å². The van der Waals surface area contributed by atoms with Crippen LogP contribution in [0.4, 0.5) is 0 Å². The molecule has 0 aromatic rings. The molecule has 4 heteroatoms. The fourth-order valence-electron chi connectivity index (χ4n) is 3.79. The van der Waals surface area contributed by atoms with E-state index in [0.717, 1.165) is 11.0 Å². The highest BCUT2D eigenvalue weighted by atomic mass is 35.5. The number of aliphatic imine (C=N–C) groups is 1. The summed E-state index contributed by atoms with van der Waals surface area (Å²) < 4.78 is 0.914. The lowest BCUT2D eigenvalue weighted by atomic mass is 10.1. The van der Waals surface area contributed by atoms with Gasteiger partial charge in [0.05, 0.1) is 25.2 Å². The van der Waals surface area contributed by atoms with E-state index in [-0.39, 0.29) is 0 Å². The van der Waals surface area contributed by atoms with Crippen LogP contribution in [0.25, 0.3) is 0 Å². The zero-order chi connectivity index (χ0) is 13.5. The van der Waals surface area contributed by atoms with Crippen molar-refractivity contribution in [2.75, 3.05) is 20.6 Å². The second kappa shape index (κ2) is 4.95. The van der Waals surface area contributed by atoms with Crippen molar-refractivity contribution in [3.05, 3.63) is 23.7 Å². The third-order valence-electron chi connectivity index (χ3n) is 4.89. The molecule has 0 N–H and O–H groups in total. The predicted molar refractivity (Wildman–Crippen MR) is 79.8 cm³/mol. The van der Waals surface area contributed by atoms with Crippen molar-refractivity contribution < 1.29 is 4.48 Å². The van der Waals surface area contributed by atoms with Gasteiger partial charge in [0.2, 0.25) is 11.1 Å². The van der Waals surface area contributed by atoms with Crippen LogP contribution in [0, 0.1) is 0 Å². The van der Waals surface area contributed by atoms with Crippen LogP contribution in [-0.2, 0) is 0 Å². The zero-order valence-electron chi connectivity index (χ0n) is 11.9. The first kappa shape index (κ1) is 13.2. The minimum atomic E-state index is 0.625. The molecule has 0 saturated heterocycles. The predicted octanol–water partition coefficient (Wildman–Crippen LogP) is 3.43. The summed E-state index contributed by atoms with van der Waals surface area (Å²) in [6.07, 6.45) is 12.8. The first-order chi connectivity index (χ1) is 9.13. The summed E-state index contributed by atoms with van der Waals surface area (Å²) in [7, 11) is 4.38. The topological polar surface area (TPSA) is 15.6 Å². The quantitative estimate of drug-likeness (QED) is 0.408. The van der Waals surface area contributed by atoms with Gasteiger partial charge in [0.25, 0.3) is 0 Å². The average molecular weight is 281 g/mol. The molecular formula is C15H23ClN3+. The van der Waals surface area contributed by atoms with E-state index in [4.69, 9.17) is 11.6 Å². The maximum atomic E-state index is 6.24. The Labute approximate surface area is 120 Å². The van der Waals surface area contributed by atoms with Gasteiger partial charge in [0, 0.05) is 26.0 Å². The molecule has 1 fully saturated rings. The summed E-state index contributed by atoms with van der Waals surface area (Å²) in [6.45, 7) is 0.732. The van der Waals surface area contributed by atoms with Crippen molar-refractivity contribution in [2.45, 2.75) is 44.6 Å². The molecular weight excluding hydrogens is 258 g/mol. The SMILES string of the molecule is CN1C(Cl)=NCC2=C1[N+](C)(C1CCCCCC1)C=C2. The van der Waals surface area contributed by atoms with Gasteiger partial charge in [0.15, 0.2) is 0 Å². The summed E-state index contributed by atoms with van der Waals surface area (Å²) in [5.41, 5.74) is 1.33. The van der Waals surface area contributed by atoms with Gasteiger partial charge in [0.1, 0.15) is 6.20 Å². The minimum Gasteiger partial charge on any atom is -0.275 e. The van der Waals surface area contributed by atoms with Gasteiger partial charge in [-0.1, -0.05) is 12.8 Å². The molecule has 0 aromatic heterocycles. The lowest BCUT2D eigenvalue weighted by Crippen LogP contribution is -2.51. The fraction of sp³-hybridized carbons (Fsp3) is 0.667. The molecule has 19 heavy (non-hydrogen) atoms. The Balaban J connectivity index is 1.91. The monoisotopic (exact) mass is 280 g/mol. The zero-order valence-corrected chi connectivity index (χ0v) is 12.7. The van der Waals surface area contributed by atoms with E-state index in [1.54, 1.807) is 0 Å². The van der Waals surface area contributed by atoms with Crippen LogP contribution < -0.4 is 0 Å². The summed E-state index contributed by atoms with van der Waals surface area (Å²) >= 11 is 6.24. The molecule has 0 bridgehead atoms. The molecule has 1 unspecified atom stereocenters. The van der Waals surface area contributed by atoms with E-state index in [9.17, 15) is 0 Å². The van der Waals surface area contributed by atoms with Gasteiger partial charge in [-0.05, 0) is 24.4 Å². The molecule has 1 atom stereocenters. The Morgan fingerprint density at radius 2 is 1.95 bits per heavy atom. The Morgan fingerprint density at radius 1 is 1.26 bits per heavy atom. The van der Waals surface area contributed by atoms with Crippen molar-refractivity contribution in [3.63, 3.8) is 0 Å². The van der Waals surface area contributed by atoms with E-state index >= 15 is 0 Å². The standard InChI is InChI=1S/C15H23ClN3/c1-18-14-12(11-17-15(18)16)9-10-19(14,2)13-7-5-3-4-6-8-13/h9-10,13H,3-8,11H2,1-2H3/q+1. The van der Waals surface area contributed by atoms with Gasteiger partial charge in [-0.15, -0.1) is 0 Å². The fourth-order valence-corrected chi connectivity index (χ4v) is 3.93. The van der Waals surface area contributed by atoms with Crippen LogP contribution in [0.5, 0.6) is 0 Å². The number of rotatable bonds is 1. The summed E-state index contributed by atoms with van der Waals surface area (Å²) in [4.78, 5) is 6.45. The maximum absolute atomic E-state index is 6.24. The molecule has 3 rings (SSSR count). The van der Waals surface area contributed by atoms with Crippen LogP contribution in [0.2, 0.25) is 0 Å². The molecule has 2 aliphatic heterocycles. The van der Waals surface area contributed by atoms with Crippen molar-refractivity contribution in [1.82, 2.24) is 4.90 Å². The number of quaternary nitrogens is 1. The molecule has 3 aliphatic rings. The Morgan fingerprint density at radius 3 is 2.63 bits per heavy atom. The van der Waals surface area contributed by atoms with E-state index in [1.165, 1.54) is 49.9 Å². The van der Waals surface area contributed by atoms with Crippen molar-refractivity contribution in [1.29, 1.82) is 0 Å². The van der Waals surface area contributed by atoms with Crippen LogP contribution in [-0.4, -0.2) is 41.4 Å². The first-order valence-corrected chi connectivity index (χ1v) is 7.73. The summed E-state index contributed by atoms with van der Waals surface area (Å²) in [5.74, 6) is 1.34. The maximum Gasteiger partial charge on any atom is 0.220 e. The van der Waals surface area contributed by atoms with Gasteiger partial charge < -0.3 is 0 Å². The van der Waals surface area contributed by atoms with E-state index in [0.29, 0.717) is 11.3 Å². The average Bonchev–Trinajstić information content (AvgIpc) is 2.61. The lowest BCUT2D eigenvalue weighted by molar-refractivity contribution is -0.853. The second-order valence-corrected chi connectivity index (χ2v) is 6.44. The smallest absolute Gasteiger partial charge is 0.220 e. The Kier molecular flexibility index (Phi) is 3.44. The van der Waals surface area contributed by atoms with Gasteiger partial charge in [-0.25, -0.2) is 4.48 Å². The number of hydrogen-bond donors (Lipinski definition) is 0. The second-order valence-electron chi connectivity index (χ2n) is 6.10. The molecule has 0 amide bonds. The van der Waals surface area contributed by atoms with Crippen LogP contribution >= 0.6 is 11.6 Å². The number of hydrogen-bond acceptors (Lipinski definition) is 2. The first-order valence-electron chi connectivity index (χ1n) is 7.35. The molecule has 1 aliphatic carbocycles. The van der Waals surface area contributed by atoms with Crippen LogP contribution in [0.15, 0.2) is 28.7 Å². The molecule has 1 saturated carbocycles. The highest BCUT2D eigenvalue weighted by molar-refractivity contribution is 6.64. The highest BCUT2D eigenvalue weighted by Crippen LogP contribution is 2.39. The Hall–Kier alpha value is -0.800. The molecule has 2 heterocycles. The van der Waals surface area contributed by atoms with Crippen molar-refractivity contribution in [3.8, 4) is 0 Å². The molecule has 104 valence electrons. The molecule has 3 nitrogen and oxygen atoms in total. The van der Waals surface area contributed by atoms with Gasteiger partial charge in [-0.2, -0.15) is 0 Å². The number of halogens is 1. The molecule has 0 spiro atoms. The van der Waals surface area contributed by atoms with E-state index < -0.39 is 0 Å². The van der Waals surface area contributed by atoms with E-state index in [2.05, 4.69) is 29.2 Å². The minimum absolute atomic E-state index is 0.625. The third-order valence-corrected chi connectivity index (χ3v) is 5.26. The van der Waals surface area contributed by atoms with Crippen molar-refractivity contribution >= 4 is 16.9 Å². The lowest BCUT2D eigenvalue weighted by Gasteiger charge is -2.41. The largest absolute Gasteiger partial charge is 0.275 e. The Bertz CT molecular complexity index is 458. The molecule has 0 aromatic carbocycles. The van der Waals surface area contributed by atoms with Crippen LogP contribution in [0.1, 0.15) is 38.5 Å². The summed E-state index contributed by atoms with van der Waals surface area (Å²) in [5, 5.41) is 0.625. The number of nitrogens with zero attached hydrogens (tertiary/aromatic N) is 3. The highest BCUT2D eigenvalue weighted by Gasteiger charge is 2.44. The van der Waals surface area contributed by atoms with E-state index in [1.807, 2.05) is 7.05 Å². The summed E-state index contributed by atoms with van der Waals surface area (Å²) in [6, 6.07) is 0.691. The number of amidine groups is 1. The van der Waals surface area contributed by atoms with Crippen LogP contribution in [0.3, 0.4) is 0 Å². The normalized spacial score (nSPS) is 32.4.